The molecule has 1 heterocycles. The first-order valence-corrected chi connectivity index (χ1v) is 8.17. The molecule has 0 fully saturated rings. The van der Waals surface area contributed by atoms with Crippen molar-refractivity contribution in [2.75, 3.05) is 6.54 Å². The number of amides is 1. The van der Waals surface area contributed by atoms with Gasteiger partial charge in [-0.25, -0.2) is 4.39 Å². The Balaban J connectivity index is 1.47. The third-order valence-corrected chi connectivity index (χ3v) is 3.68. The highest BCUT2D eigenvalue weighted by molar-refractivity contribution is 6.30. The number of benzene rings is 2. The Kier molecular flexibility index (Phi) is 5.77. The number of hydrogen-bond acceptors (Lipinski definition) is 6. The van der Waals surface area contributed by atoms with Crippen LogP contribution in [0.1, 0.15) is 16.2 Å². The molecule has 1 aromatic heterocycles. The van der Waals surface area contributed by atoms with Gasteiger partial charge in [0.25, 0.3) is 11.8 Å². The van der Waals surface area contributed by atoms with Gasteiger partial charge in [-0.15, -0.1) is 0 Å². The van der Waals surface area contributed by atoms with E-state index in [-0.39, 0.29) is 24.6 Å². The third kappa shape index (κ3) is 5.11. The number of ether oxygens (including phenoxy) is 1. The van der Waals surface area contributed by atoms with Crippen LogP contribution in [0.2, 0.25) is 5.02 Å². The van der Waals surface area contributed by atoms with Crippen LogP contribution in [-0.4, -0.2) is 28.6 Å². The molecule has 0 saturated heterocycles. The number of esters is 1. The monoisotopic (exact) mass is 389 g/mol. The lowest BCUT2D eigenvalue weighted by Gasteiger charge is -2.05. The van der Waals surface area contributed by atoms with E-state index in [0.717, 1.165) is 12.1 Å². The van der Waals surface area contributed by atoms with Gasteiger partial charge in [0.15, 0.2) is 6.61 Å². The number of nitrogens with one attached hydrogen (secondary N) is 1. The summed E-state index contributed by atoms with van der Waals surface area (Å²) in [5, 5.41) is 6.75. The van der Waals surface area contributed by atoms with Gasteiger partial charge in [-0.2, -0.15) is 4.98 Å². The normalized spacial score (nSPS) is 10.4. The van der Waals surface area contributed by atoms with Gasteiger partial charge in [0, 0.05) is 16.1 Å². The van der Waals surface area contributed by atoms with Crippen LogP contribution in [0.15, 0.2) is 53.1 Å². The van der Waals surface area contributed by atoms with E-state index in [1.165, 1.54) is 12.1 Å². The van der Waals surface area contributed by atoms with E-state index in [2.05, 4.69) is 15.5 Å². The molecule has 7 nitrogen and oxygen atoms in total. The van der Waals surface area contributed by atoms with Gasteiger partial charge >= 0.3 is 5.97 Å². The zero-order valence-corrected chi connectivity index (χ0v) is 14.6. The standard InChI is InChI=1S/C18H13ClFN3O4/c19-13-5-1-11(2-6-13)17-22-15(27-23-17)10-26-16(24)9-21-18(25)12-3-7-14(20)8-4-12/h1-8H,9-10H2,(H,21,25). The Bertz CT molecular complexity index is 942. The van der Waals surface area contributed by atoms with Crippen LogP contribution in [0.3, 0.4) is 0 Å². The molecular weight excluding hydrogens is 377 g/mol. The second kappa shape index (κ2) is 8.41. The molecule has 9 heteroatoms. The molecule has 27 heavy (non-hydrogen) atoms. The van der Waals surface area contributed by atoms with Crippen molar-refractivity contribution in [3.8, 4) is 11.4 Å². The average Bonchev–Trinajstić information content (AvgIpc) is 3.14. The lowest BCUT2D eigenvalue weighted by atomic mass is 10.2. The van der Waals surface area contributed by atoms with E-state index >= 15 is 0 Å². The van der Waals surface area contributed by atoms with Gasteiger partial charge in [0.2, 0.25) is 5.82 Å². The molecule has 0 radical (unpaired) electrons. The summed E-state index contributed by atoms with van der Waals surface area (Å²) in [6.45, 7) is -0.583. The number of rotatable bonds is 6. The largest absolute Gasteiger partial charge is 0.454 e. The summed E-state index contributed by atoms with van der Waals surface area (Å²) in [5.74, 6) is -1.21. The van der Waals surface area contributed by atoms with Crippen molar-refractivity contribution >= 4 is 23.5 Å². The zero-order valence-electron chi connectivity index (χ0n) is 13.8. The molecule has 0 aliphatic carbocycles. The summed E-state index contributed by atoms with van der Waals surface area (Å²) in [4.78, 5) is 27.7. The zero-order chi connectivity index (χ0) is 19.2. The fourth-order valence-corrected chi connectivity index (χ4v) is 2.20. The van der Waals surface area contributed by atoms with E-state index in [0.29, 0.717) is 16.4 Å². The second-order valence-corrected chi connectivity index (χ2v) is 5.81. The predicted molar refractivity (Wildman–Crippen MR) is 93.3 cm³/mol. The molecule has 1 N–H and O–H groups in total. The molecule has 0 aliphatic heterocycles. The Morgan fingerprint density at radius 1 is 1.11 bits per heavy atom. The van der Waals surface area contributed by atoms with Crippen molar-refractivity contribution in [1.82, 2.24) is 15.5 Å². The summed E-state index contributed by atoms with van der Waals surface area (Å²) < 4.78 is 22.8. The number of aromatic nitrogens is 2. The van der Waals surface area contributed by atoms with Gasteiger partial charge in [0.05, 0.1) is 0 Å². The van der Waals surface area contributed by atoms with Gasteiger partial charge in [-0.1, -0.05) is 16.8 Å². The fourth-order valence-electron chi connectivity index (χ4n) is 2.08. The van der Waals surface area contributed by atoms with Crippen molar-refractivity contribution in [3.05, 3.63) is 70.8 Å². The Hall–Kier alpha value is -3.26. The third-order valence-electron chi connectivity index (χ3n) is 3.43. The molecule has 2 aromatic carbocycles. The van der Waals surface area contributed by atoms with E-state index in [1.807, 2.05) is 0 Å². The molecule has 0 aliphatic rings. The Morgan fingerprint density at radius 3 is 2.52 bits per heavy atom. The van der Waals surface area contributed by atoms with Crippen LogP contribution in [0, 0.1) is 5.82 Å². The summed E-state index contributed by atoms with van der Waals surface area (Å²) in [7, 11) is 0. The van der Waals surface area contributed by atoms with Crippen molar-refractivity contribution in [2.24, 2.45) is 0 Å². The van der Waals surface area contributed by atoms with Crippen molar-refractivity contribution in [3.63, 3.8) is 0 Å². The van der Waals surface area contributed by atoms with Gasteiger partial charge in [-0.3, -0.25) is 9.59 Å². The van der Waals surface area contributed by atoms with Crippen LogP contribution in [0.25, 0.3) is 11.4 Å². The van der Waals surface area contributed by atoms with E-state index in [9.17, 15) is 14.0 Å². The predicted octanol–water partition coefficient (Wildman–Crippen LogP) is 3.00. The van der Waals surface area contributed by atoms with Gasteiger partial charge in [0.1, 0.15) is 12.4 Å². The molecule has 0 bridgehead atoms. The molecule has 0 atom stereocenters. The van der Waals surface area contributed by atoms with Gasteiger partial charge in [-0.05, 0) is 48.5 Å². The number of hydrogen-bond donors (Lipinski definition) is 1. The van der Waals surface area contributed by atoms with Crippen molar-refractivity contribution < 1.29 is 23.2 Å². The topological polar surface area (TPSA) is 94.3 Å². The Labute approximate surface area is 158 Å². The summed E-state index contributed by atoms with van der Waals surface area (Å²) in [5.41, 5.74) is 0.931. The first-order chi connectivity index (χ1) is 13.0. The van der Waals surface area contributed by atoms with Gasteiger partial charge < -0.3 is 14.6 Å². The number of halogens is 2. The fraction of sp³-hybridized carbons (Fsp3) is 0.111. The highest BCUT2D eigenvalue weighted by Gasteiger charge is 2.13. The molecule has 0 saturated carbocycles. The smallest absolute Gasteiger partial charge is 0.325 e. The average molecular weight is 390 g/mol. The van der Waals surface area contributed by atoms with Crippen molar-refractivity contribution in [1.29, 1.82) is 0 Å². The molecule has 0 spiro atoms. The molecule has 3 aromatic rings. The summed E-state index contributed by atoms with van der Waals surface area (Å²) in [6, 6.07) is 11.8. The quantitative estimate of drug-likeness (QED) is 0.651. The molecule has 138 valence electrons. The number of nitrogens with zero attached hydrogens (tertiary/aromatic N) is 2. The maximum atomic E-state index is 12.8. The SMILES string of the molecule is O=C(CNC(=O)c1ccc(F)cc1)OCc1nc(-c2ccc(Cl)cc2)no1. The summed E-state index contributed by atoms with van der Waals surface area (Å²) in [6.07, 6.45) is 0. The minimum Gasteiger partial charge on any atom is -0.454 e. The minimum atomic E-state index is -0.684. The maximum absolute atomic E-state index is 12.8. The first-order valence-electron chi connectivity index (χ1n) is 7.79. The molecular formula is C18H13ClFN3O4. The highest BCUT2D eigenvalue weighted by Crippen LogP contribution is 2.18. The van der Waals surface area contributed by atoms with E-state index in [1.54, 1.807) is 24.3 Å². The first kappa shape index (κ1) is 18.5. The van der Waals surface area contributed by atoms with Crippen molar-refractivity contribution in [2.45, 2.75) is 6.61 Å². The molecule has 3 rings (SSSR count). The number of carbonyl (C=O) groups excluding carboxylic acids is 2. The molecule has 1 amide bonds. The lowest BCUT2D eigenvalue weighted by Crippen LogP contribution is -2.30. The number of carbonyl (C=O) groups is 2. The summed E-state index contributed by atoms with van der Waals surface area (Å²) >= 11 is 5.82. The highest BCUT2D eigenvalue weighted by atomic mass is 35.5. The van der Waals surface area contributed by atoms with Crippen LogP contribution in [-0.2, 0) is 16.1 Å². The lowest BCUT2D eigenvalue weighted by molar-refractivity contribution is -0.144. The van der Waals surface area contributed by atoms with Crippen LogP contribution in [0.5, 0.6) is 0 Å². The minimum absolute atomic E-state index is 0.109. The van der Waals surface area contributed by atoms with Crippen LogP contribution >= 0.6 is 11.6 Å². The Morgan fingerprint density at radius 2 is 1.81 bits per heavy atom. The van der Waals surface area contributed by atoms with Crippen LogP contribution < -0.4 is 5.32 Å². The van der Waals surface area contributed by atoms with E-state index in [4.69, 9.17) is 20.9 Å². The maximum Gasteiger partial charge on any atom is 0.325 e. The van der Waals surface area contributed by atoms with Crippen LogP contribution in [0.4, 0.5) is 4.39 Å². The molecule has 0 unspecified atom stereocenters. The van der Waals surface area contributed by atoms with E-state index < -0.39 is 17.7 Å². The second-order valence-electron chi connectivity index (χ2n) is 5.37.